The van der Waals surface area contributed by atoms with Gasteiger partial charge in [0.15, 0.2) is 0 Å². The van der Waals surface area contributed by atoms with Gasteiger partial charge in [0.05, 0.1) is 6.61 Å². The van der Waals surface area contributed by atoms with E-state index in [1.807, 2.05) is 12.1 Å². The molecule has 0 aliphatic carbocycles. The van der Waals surface area contributed by atoms with E-state index >= 15 is 0 Å². The summed E-state index contributed by atoms with van der Waals surface area (Å²) in [5, 5.41) is 3.36. The molecule has 1 aromatic rings. The SMILES string of the molecule is COCCCNCCCOc1ccc(C)cc1. The first-order valence-electron chi connectivity index (χ1n) is 6.22. The minimum Gasteiger partial charge on any atom is -0.494 e. The van der Waals surface area contributed by atoms with Crippen LogP contribution in [0.2, 0.25) is 0 Å². The molecule has 0 saturated heterocycles. The summed E-state index contributed by atoms with van der Waals surface area (Å²) >= 11 is 0. The van der Waals surface area contributed by atoms with Gasteiger partial charge in [-0.25, -0.2) is 0 Å². The Morgan fingerprint density at radius 1 is 1.00 bits per heavy atom. The fourth-order valence-electron chi connectivity index (χ4n) is 1.49. The maximum Gasteiger partial charge on any atom is 0.119 e. The van der Waals surface area contributed by atoms with Crippen LogP contribution >= 0.6 is 0 Å². The molecule has 0 aromatic heterocycles. The minimum atomic E-state index is 0.764. The van der Waals surface area contributed by atoms with Crippen LogP contribution < -0.4 is 10.1 Å². The highest BCUT2D eigenvalue weighted by Gasteiger charge is 1.93. The van der Waals surface area contributed by atoms with Gasteiger partial charge < -0.3 is 14.8 Å². The van der Waals surface area contributed by atoms with Crippen molar-refractivity contribution in [1.82, 2.24) is 5.32 Å². The minimum absolute atomic E-state index is 0.764. The van der Waals surface area contributed by atoms with Gasteiger partial charge in [0, 0.05) is 13.7 Å². The second-order valence-corrected chi connectivity index (χ2v) is 4.11. The molecule has 0 bridgehead atoms. The van der Waals surface area contributed by atoms with Gasteiger partial charge in [0.1, 0.15) is 5.75 Å². The van der Waals surface area contributed by atoms with E-state index in [0.717, 1.165) is 44.9 Å². The second kappa shape index (κ2) is 9.02. The molecule has 0 spiro atoms. The van der Waals surface area contributed by atoms with Crippen molar-refractivity contribution in [1.29, 1.82) is 0 Å². The number of benzene rings is 1. The zero-order valence-corrected chi connectivity index (χ0v) is 10.9. The molecule has 3 nitrogen and oxygen atoms in total. The molecule has 0 radical (unpaired) electrons. The number of nitrogens with one attached hydrogen (secondary N) is 1. The molecule has 1 rings (SSSR count). The first-order valence-corrected chi connectivity index (χ1v) is 6.22. The zero-order valence-electron chi connectivity index (χ0n) is 10.9. The maximum absolute atomic E-state index is 5.62. The van der Waals surface area contributed by atoms with Crippen molar-refractivity contribution in [2.75, 3.05) is 33.4 Å². The quantitative estimate of drug-likeness (QED) is 0.669. The fraction of sp³-hybridized carbons (Fsp3) is 0.571. The lowest BCUT2D eigenvalue weighted by Crippen LogP contribution is -2.19. The predicted molar refractivity (Wildman–Crippen MR) is 70.7 cm³/mol. The number of aryl methyl sites for hydroxylation is 1. The lowest BCUT2D eigenvalue weighted by molar-refractivity contribution is 0.194. The van der Waals surface area contributed by atoms with Crippen LogP contribution in [0.1, 0.15) is 18.4 Å². The van der Waals surface area contributed by atoms with Gasteiger partial charge in [0.25, 0.3) is 0 Å². The summed E-state index contributed by atoms with van der Waals surface area (Å²) in [5.74, 6) is 0.954. The van der Waals surface area contributed by atoms with E-state index in [-0.39, 0.29) is 0 Å². The number of methoxy groups -OCH3 is 1. The van der Waals surface area contributed by atoms with Crippen LogP contribution in [0, 0.1) is 6.92 Å². The van der Waals surface area contributed by atoms with Crippen molar-refractivity contribution in [2.24, 2.45) is 0 Å². The zero-order chi connectivity index (χ0) is 12.3. The first-order chi connectivity index (χ1) is 8.33. The molecule has 1 N–H and O–H groups in total. The maximum atomic E-state index is 5.62. The highest BCUT2D eigenvalue weighted by Crippen LogP contribution is 2.11. The molecule has 0 saturated carbocycles. The van der Waals surface area contributed by atoms with E-state index in [0.29, 0.717) is 0 Å². The molecule has 1 aromatic carbocycles. The average molecular weight is 237 g/mol. The summed E-state index contributed by atoms with van der Waals surface area (Å²) < 4.78 is 10.6. The van der Waals surface area contributed by atoms with Gasteiger partial charge in [-0.05, 0) is 45.0 Å². The van der Waals surface area contributed by atoms with Crippen LogP contribution in [0.3, 0.4) is 0 Å². The van der Waals surface area contributed by atoms with Gasteiger partial charge in [-0.15, -0.1) is 0 Å². The highest BCUT2D eigenvalue weighted by molar-refractivity contribution is 5.26. The van der Waals surface area contributed by atoms with Crippen LogP contribution in [0.25, 0.3) is 0 Å². The molecule has 3 heteroatoms. The number of rotatable bonds is 9. The van der Waals surface area contributed by atoms with E-state index in [9.17, 15) is 0 Å². The van der Waals surface area contributed by atoms with Gasteiger partial charge in [-0.1, -0.05) is 17.7 Å². The molecule has 0 aliphatic heterocycles. The molecular formula is C14H23NO2. The Morgan fingerprint density at radius 2 is 1.65 bits per heavy atom. The van der Waals surface area contributed by atoms with Crippen LogP contribution in [0.4, 0.5) is 0 Å². The summed E-state index contributed by atoms with van der Waals surface area (Å²) in [5.41, 5.74) is 1.26. The third kappa shape index (κ3) is 6.97. The molecule has 96 valence electrons. The van der Waals surface area contributed by atoms with Crippen LogP contribution in [0.5, 0.6) is 5.75 Å². The van der Waals surface area contributed by atoms with E-state index in [2.05, 4.69) is 24.4 Å². The van der Waals surface area contributed by atoms with Crippen molar-refractivity contribution in [3.63, 3.8) is 0 Å². The fourth-order valence-corrected chi connectivity index (χ4v) is 1.49. The lowest BCUT2D eigenvalue weighted by atomic mass is 10.2. The highest BCUT2D eigenvalue weighted by atomic mass is 16.5. The third-order valence-corrected chi connectivity index (χ3v) is 2.49. The molecule has 0 unspecified atom stereocenters. The Balaban J connectivity index is 1.95. The largest absolute Gasteiger partial charge is 0.494 e. The Morgan fingerprint density at radius 3 is 2.29 bits per heavy atom. The van der Waals surface area contributed by atoms with Gasteiger partial charge in [0.2, 0.25) is 0 Å². The van der Waals surface area contributed by atoms with Crippen molar-refractivity contribution >= 4 is 0 Å². The average Bonchev–Trinajstić information content (AvgIpc) is 2.35. The number of hydrogen-bond acceptors (Lipinski definition) is 3. The Bertz CT molecular complexity index is 285. The summed E-state index contributed by atoms with van der Waals surface area (Å²) in [6.45, 7) is 5.68. The molecular weight excluding hydrogens is 214 g/mol. The Kier molecular flexibility index (Phi) is 7.43. The predicted octanol–water partition coefficient (Wildman–Crippen LogP) is 2.39. The molecule has 0 atom stereocenters. The summed E-state index contributed by atoms with van der Waals surface area (Å²) in [6.07, 6.45) is 2.09. The number of ether oxygens (including phenoxy) is 2. The Labute approximate surface area is 104 Å². The molecule has 0 amide bonds. The third-order valence-electron chi connectivity index (χ3n) is 2.49. The Hall–Kier alpha value is -1.06. The standard InChI is InChI=1S/C14H23NO2/c1-13-5-7-14(8-6-13)17-12-4-10-15-9-3-11-16-2/h5-8,15H,3-4,9-12H2,1-2H3. The molecule has 17 heavy (non-hydrogen) atoms. The summed E-state index contributed by atoms with van der Waals surface area (Å²) in [7, 11) is 1.73. The van der Waals surface area contributed by atoms with Crippen LogP contribution in [0.15, 0.2) is 24.3 Å². The molecule has 0 fully saturated rings. The molecule has 0 aliphatic rings. The molecule has 0 heterocycles. The smallest absolute Gasteiger partial charge is 0.119 e. The van der Waals surface area contributed by atoms with E-state index in [1.165, 1.54) is 5.56 Å². The summed E-state index contributed by atoms with van der Waals surface area (Å²) in [4.78, 5) is 0. The van der Waals surface area contributed by atoms with Gasteiger partial charge in [-0.3, -0.25) is 0 Å². The van der Waals surface area contributed by atoms with Crippen molar-refractivity contribution < 1.29 is 9.47 Å². The lowest BCUT2D eigenvalue weighted by Gasteiger charge is -2.07. The van der Waals surface area contributed by atoms with E-state index < -0.39 is 0 Å². The monoisotopic (exact) mass is 237 g/mol. The van der Waals surface area contributed by atoms with Crippen LogP contribution in [-0.4, -0.2) is 33.4 Å². The first kappa shape index (κ1) is 14.0. The van der Waals surface area contributed by atoms with Crippen LogP contribution in [-0.2, 0) is 4.74 Å². The van der Waals surface area contributed by atoms with Crippen molar-refractivity contribution in [2.45, 2.75) is 19.8 Å². The van der Waals surface area contributed by atoms with E-state index in [1.54, 1.807) is 7.11 Å². The topological polar surface area (TPSA) is 30.5 Å². The van der Waals surface area contributed by atoms with Gasteiger partial charge in [-0.2, -0.15) is 0 Å². The van der Waals surface area contributed by atoms with Crippen molar-refractivity contribution in [3.05, 3.63) is 29.8 Å². The normalized spacial score (nSPS) is 10.5. The van der Waals surface area contributed by atoms with Crippen molar-refractivity contribution in [3.8, 4) is 5.75 Å². The van der Waals surface area contributed by atoms with Gasteiger partial charge >= 0.3 is 0 Å². The second-order valence-electron chi connectivity index (χ2n) is 4.11. The van der Waals surface area contributed by atoms with E-state index in [4.69, 9.17) is 9.47 Å². The summed E-state index contributed by atoms with van der Waals surface area (Å²) in [6, 6.07) is 8.17. The number of hydrogen-bond donors (Lipinski definition) is 1.